The Kier molecular flexibility index (Phi) is 9.03. The van der Waals surface area contributed by atoms with E-state index in [1.165, 1.54) is 0 Å². The molecule has 2 aliphatic heterocycles. The minimum absolute atomic E-state index is 0.113. The van der Waals surface area contributed by atoms with E-state index in [0.29, 0.717) is 18.0 Å². The molecule has 1 aliphatic carbocycles. The third-order valence-electron chi connectivity index (χ3n) is 8.22. The number of carbonyl (C=O) groups excluding carboxylic acids is 1. The second kappa shape index (κ2) is 12.3. The van der Waals surface area contributed by atoms with E-state index in [1.54, 1.807) is 10.8 Å². The number of anilines is 1. The first kappa shape index (κ1) is 31.0. The van der Waals surface area contributed by atoms with E-state index in [9.17, 15) is 10.1 Å². The zero-order chi connectivity index (χ0) is 30.2. The fourth-order valence-electron chi connectivity index (χ4n) is 5.53. The summed E-state index contributed by atoms with van der Waals surface area (Å²) in [6.45, 7) is 12.1. The standard InChI is InChI=1S/C31H39Cl2N5O3Si/c1-31(2)12-10-19(11-13-31)28-22(7-6-21(36-28)25-26(32)23-8-9-24(41-23)27(25)33)37-30(39)29-35-20(16-34)17-38(29)18-40-14-15-42(3,4)5/h6-10,17,23-27H,11-15,18H2,1-5H3,(H,37,39). The Hall–Kier alpha value is -2.48. The second-order valence-electron chi connectivity index (χ2n) is 13.4. The maximum Gasteiger partial charge on any atom is 0.291 e. The lowest BCUT2D eigenvalue weighted by Crippen LogP contribution is -2.44. The monoisotopic (exact) mass is 627 g/mol. The highest BCUT2D eigenvalue weighted by Crippen LogP contribution is 2.45. The van der Waals surface area contributed by atoms with Crippen LogP contribution in [-0.4, -0.2) is 58.1 Å². The van der Waals surface area contributed by atoms with Crippen molar-refractivity contribution >= 4 is 48.4 Å². The van der Waals surface area contributed by atoms with Gasteiger partial charge in [0.1, 0.15) is 12.8 Å². The van der Waals surface area contributed by atoms with Crippen LogP contribution in [0.1, 0.15) is 66.7 Å². The molecule has 42 heavy (non-hydrogen) atoms. The van der Waals surface area contributed by atoms with Crippen LogP contribution in [-0.2, 0) is 16.2 Å². The summed E-state index contributed by atoms with van der Waals surface area (Å²) in [6, 6.07) is 6.79. The van der Waals surface area contributed by atoms with E-state index in [-0.39, 0.29) is 52.5 Å². The fraction of sp³-hybridized carbons (Fsp3) is 0.548. The van der Waals surface area contributed by atoms with Gasteiger partial charge in [-0.25, -0.2) is 4.98 Å². The lowest BCUT2D eigenvalue weighted by Gasteiger charge is -2.37. The maximum atomic E-state index is 13.6. The van der Waals surface area contributed by atoms with Crippen molar-refractivity contribution in [2.24, 2.45) is 5.41 Å². The Morgan fingerprint density at radius 2 is 1.93 bits per heavy atom. The average Bonchev–Trinajstić information content (AvgIpc) is 3.57. The third kappa shape index (κ3) is 6.84. The SMILES string of the molecule is CC1(C)CC=C(c2nc(C3C(Cl)C4C=CC(O4)C3Cl)ccc2NC(=O)c2nc(C#N)cn2COCC[Si](C)(C)C)CC1. The van der Waals surface area contributed by atoms with E-state index >= 15 is 0 Å². The molecule has 0 spiro atoms. The predicted molar refractivity (Wildman–Crippen MR) is 169 cm³/mol. The summed E-state index contributed by atoms with van der Waals surface area (Å²) in [5.74, 6) is -0.541. The van der Waals surface area contributed by atoms with E-state index in [1.807, 2.05) is 30.4 Å². The number of rotatable bonds is 9. The molecule has 2 bridgehead atoms. The van der Waals surface area contributed by atoms with Gasteiger partial charge in [-0.3, -0.25) is 9.78 Å². The van der Waals surface area contributed by atoms with Crippen LogP contribution >= 0.6 is 23.2 Å². The van der Waals surface area contributed by atoms with Crippen molar-refractivity contribution in [2.75, 3.05) is 11.9 Å². The Morgan fingerprint density at radius 3 is 2.55 bits per heavy atom. The van der Waals surface area contributed by atoms with E-state index in [2.05, 4.69) is 49.9 Å². The summed E-state index contributed by atoms with van der Waals surface area (Å²) >= 11 is 13.7. The number of imidazole rings is 1. The van der Waals surface area contributed by atoms with Gasteiger partial charge in [0.05, 0.1) is 34.3 Å². The number of nitrogens with one attached hydrogen (secondary N) is 1. The minimum atomic E-state index is -1.27. The molecule has 11 heteroatoms. The summed E-state index contributed by atoms with van der Waals surface area (Å²) in [4.78, 5) is 23.0. The molecule has 1 N–H and O–H groups in total. The van der Waals surface area contributed by atoms with Crippen LogP contribution in [0.3, 0.4) is 0 Å². The van der Waals surface area contributed by atoms with Crippen molar-refractivity contribution in [2.45, 2.75) is 94.4 Å². The van der Waals surface area contributed by atoms with E-state index in [0.717, 1.165) is 36.6 Å². The smallest absolute Gasteiger partial charge is 0.291 e. The first-order chi connectivity index (χ1) is 19.8. The Balaban J connectivity index is 1.43. The Morgan fingerprint density at radius 1 is 1.21 bits per heavy atom. The number of fused-ring (bicyclic) bond motifs is 2. The molecule has 0 radical (unpaired) electrons. The largest absolute Gasteiger partial charge is 0.364 e. The zero-order valence-corrected chi connectivity index (χ0v) is 27.4. The quantitative estimate of drug-likeness (QED) is 0.140. The topological polar surface area (TPSA) is 102 Å². The summed E-state index contributed by atoms with van der Waals surface area (Å²) < 4.78 is 13.4. The van der Waals surface area contributed by atoms with Gasteiger partial charge in [-0.2, -0.15) is 5.26 Å². The number of allylic oxidation sites excluding steroid dienone is 2. The van der Waals surface area contributed by atoms with Crippen LogP contribution in [0.5, 0.6) is 0 Å². The van der Waals surface area contributed by atoms with Crippen LogP contribution < -0.4 is 5.32 Å². The lowest BCUT2D eigenvalue weighted by atomic mass is 9.77. The number of amides is 1. The molecule has 1 fully saturated rings. The molecule has 8 nitrogen and oxygen atoms in total. The van der Waals surface area contributed by atoms with Gasteiger partial charge in [-0.05, 0) is 48.4 Å². The van der Waals surface area contributed by atoms with Crippen molar-refractivity contribution in [3.63, 3.8) is 0 Å². The molecule has 2 aromatic rings. The van der Waals surface area contributed by atoms with Crippen molar-refractivity contribution in [1.29, 1.82) is 5.26 Å². The first-order valence-corrected chi connectivity index (χ1v) is 19.1. The number of nitriles is 1. The summed E-state index contributed by atoms with van der Waals surface area (Å²) in [6.07, 6.45) is 10.0. The Bertz CT molecular complexity index is 1420. The number of carbonyl (C=O) groups is 1. The van der Waals surface area contributed by atoms with E-state index in [4.69, 9.17) is 37.7 Å². The zero-order valence-electron chi connectivity index (χ0n) is 24.9. The molecule has 0 saturated carbocycles. The number of pyridine rings is 1. The number of aromatic nitrogens is 3. The molecule has 0 aromatic carbocycles. The number of hydrogen-bond donors (Lipinski definition) is 1. The number of alkyl halides is 2. The van der Waals surface area contributed by atoms with Crippen LogP contribution in [0.15, 0.2) is 36.6 Å². The molecule has 224 valence electrons. The van der Waals surface area contributed by atoms with Gasteiger partial charge in [0.2, 0.25) is 5.82 Å². The van der Waals surface area contributed by atoms with Crippen LogP contribution in [0.4, 0.5) is 5.69 Å². The van der Waals surface area contributed by atoms with Gasteiger partial charge in [-0.1, -0.05) is 51.7 Å². The van der Waals surface area contributed by atoms with E-state index < -0.39 is 14.0 Å². The van der Waals surface area contributed by atoms with Gasteiger partial charge < -0.3 is 19.4 Å². The number of nitrogens with zero attached hydrogens (tertiary/aromatic N) is 4. The molecule has 4 atom stereocenters. The van der Waals surface area contributed by atoms with Gasteiger partial charge in [0, 0.05) is 32.5 Å². The second-order valence-corrected chi connectivity index (χ2v) is 20.1. The van der Waals surface area contributed by atoms with Crippen molar-refractivity contribution in [1.82, 2.24) is 14.5 Å². The van der Waals surface area contributed by atoms with Crippen LogP contribution in [0, 0.1) is 16.7 Å². The normalized spacial score (nSPS) is 26.5. The van der Waals surface area contributed by atoms with Crippen LogP contribution in [0.2, 0.25) is 25.7 Å². The van der Waals surface area contributed by atoms with Gasteiger partial charge >= 0.3 is 0 Å². The predicted octanol–water partition coefficient (Wildman–Crippen LogP) is 6.94. The lowest BCUT2D eigenvalue weighted by molar-refractivity contribution is 0.0165. The first-order valence-electron chi connectivity index (χ1n) is 14.5. The molecule has 4 unspecified atom stereocenters. The molecule has 1 amide bonds. The molecule has 4 heterocycles. The van der Waals surface area contributed by atoms with Crippen LogP contribution in [0.25, 0.3) is 5.57 Å². The summed E-state index contributed by atoms with van der Waals surface area (Å²) in [7, 11) is -1.27. The number of hydrogen-bond acceptors (Lipinski definition) is 6. The highest BCUT2D eigenvalue weighted by atomic mass is 35.5. The molecule has 3 aliphatic rings. The number of ether oxygens (including phenoxy) is 2. The van der Waals surface area contributed by atoms with Gasteiger partial charge in [-0.15, -0.1) is 23.2 Å². The minimum Gasteiger partial charge on any atom is -0.364 e. The molecular formula is C31H39Cl2N5O3Si. The molecule has 5 rings (SSSR count). The highest BCUT2D eigenvalue weighted by molar-refractivity contribution is 6.76. The third-order valence-corrected chi connectivity index (χ3v) is 11.0. The molecule has 1 saturated heterocycles. The highest BCUT2D eigenvalue weighted by Gasteiger charge is 2.47. The maximum absolute atomic E-state index is 13.6. The van der Waals surface area contributed by atoms with Crippen molar-refractivity contribution in [3.05, 3.63) is 59.5 Å². The van der Waals surface area contributed by atoms with Crippen molar-refractivity contribution in [3.8, 4) is 6.07 Å². The number of halogens is 2. The Labute approximate surface area is 259 Å². The van der Waals surface area contributed by atoms with Gasteiger partial charge in [0.15, 0.2) is 5.69 Å². The fourth-order valence-corrected chi connectivity index (χ4v) is 7.22. The molecule has 2 aromatic heterocycles. The van der Waals surface area contributed by atoms with Crippen molar-refractivity contribution < 1.29 is 14.3 Å². The summed E-state index contributed by atoms with van der Waals surface area (Å²) in [5, 5.41) is 11.8. The van der Waals surface area contributed by atoms with Gasteiger partial charge in [0.25, 0.3) is 5.91 Å². The molecular weight excluding hydrogens is 589 g/mol. The average molecular weight is 629 g/mol. The summed E-state index contributed by atoms with van der Waals surface area (Å²) in [5.41, 5.74) is 3.50.